The summed E-state index contributed by atoms with van der Waals surface area (Å²) in [5.74, 6) is 0.928. The van der Waals surface area contributed by atoms with Gasteiger partial charge >= 0.3 is 0 Å². The maximum Gasteiger partial charge on any atom is 0.191 e. The fraction of sp³-hybridized carbons (Fsp3) is 0.944. The molecule has 3 rings (SSSR count). The SMILES string of the molecule is CCC1(CNC(=NC)NCC2CN3CCCC3CO2)CCCC1.I. The van der Waals surface area contributed by atoms with Crippen molar-refractivity contribution in [2.24, 2.45) is 10.4 Å². The van der Waals surface area contributed by atoms with Crippen LogP contribution in [0, 0.1) is 5.41 Å². The third-order valence-electron chi connectivity index (χ3n) is 6.23. The van der Waals surface area contributed by atoms with Gasteiger partial charge in [-0.3, -0.25) is 9.89 Å². The molecule has 0 aromatic carbocycles. The molecule has 3 fully saturated rings. The summed E-state index contributed by atoms with van der Waals surface area (Å²) in [6, 6.07) is 0.676. The molecule has 1 aliphatic carbocycles. The van der Waals surface area contributed by atoms with Crippen molar-refractivity contribution in [3.8, 4) is 0 Å². The molecule has 24 heavy (non-hydrogen) atoms. The predicted molar refractivity (Wildman–Crippen MR) is 110 cm³/mol. The Hall–Kier alpha value is -0.0800. The lowest BCUT2D eigenvalue weighted by molar-refractivity contribution is -0.0453. The van der Waals surface area contributed by atoms with Gasteiger partial charge in [0.2, 0.25) is 0 Å². The molecule has 2 unspecified atom stereocenters. The molecule has 0 aromatic rings. The Labute approximate surface area is 164 Å². The van der Waals surface area contributed by atoms with E-state index in [9.17, 15) is 0 Å². The molecular weight excluding hydrogens is 415 g/mol. The molecule has 0 aromatic heterocycles. The maximum atomic E-state index is 6.02. The van der Waals surface area contributed by atoms with E-state index in [1.165, 1.54) is 51.5 Å². The van der Waals surface area contributed by atoms with Crippen LogP contribution in [-0.2, 0) is 4.74 Å². The zero-order valence-corrected chi connectivity index (χ0v) is 17.7. The van der Waals surface area contributed by atoms with Gasteiger partial charge in [-0.05, 0) is 44.1 Å². The smallest absolute Gasteiger partial charge is 0.191 e. The van der Waals surface area contributed by atoms with Gasteiger partial charge in [0, 0.05) is 32.7 Å². The molecule has 6 heteroatoms. The van der Waals surface area contributed by atoms with Crippen molar-refractivity contribution >= 4 is 29.9 Å². The van der Waals surface area contributed by atoms with Crippen molar-refractivity contribution in [1.29, 1.82) is 0 Å². The van der Waals surface area contributed by atoms with Crippen LogP contribution in [0.1, 0.15) is 51.9 Å². The van der Waals surface area contributed by atoms with Crippen molar-refractivity contribution in [2.75, 3.05) is 39.8 Å². The third kappa shape index (κ3) is 4.97. The molecule has 140 valence electrons. The van der Waals surface area contributed by atoms with Crippen LogP contribution in [0.25, 0.3) is 0 Å². The van der Waals surface area contributed by atoms with Gasteiger partial charge in [0.05, 0.1) is 12.7 Å². The fourth-order valence-corrected chi connectivity index (χ4v) is 4.49. The first-order valence-corrected chi connectivity index (χ1v) is 9.55. The molecule has 2 aliphatic heterocycles. The van der Waals surface area contributed by atoms with Gasteiger partial charge in [0.15, 0.2) is 5.96 Å². The maximum absolute atomic E-state index is 6.02. The lowest BCUT2D eigenvalue weighted by Gasteiger charge is -2.35. The van der Waals surface area contributed by atoms with Crippen LogP contribution < -0.4 is 10.6 Å². The first-order chi connectivity index (χ1) is 11.2. The second kappa shape index (κ2) is 9.57. The fourth-order valence-electron chi connectivity index (χ4n) is 4.49. The first-order valence-electron chi connectivity index (χ1n) is 9.55. The summed E-state index contributed by atoms with van der Waals surface area (Å²) in [6.45, 7) is 7.43. The Morgan fingerprint density at radius 1 is 1.25 bits per heavy atom. The summed E-state index contributed by atoms with van der Waals surface area (Å²) in [5, 5.41) is 7.03. The lowest BCUT2D eigenvalue weighted by Crippen LogP contribution is -2.52. The number of aliphatic imine (C=N–C) groups is 1. The van der Waals surface area contributed by atoms with Crippen LogP contribution in [0.2, 0.25) is 0 Å². The van der Waals surface area contributed by atoms with E-state index in [-0.39, 0.29) is 30.1 Å². The van der Waals surface area contributed by atoms with Gasteiger partial charge in [-0.2, -0.15) is 0 Å². The predicted octanol–water partition coefficient (Wildman–Crippen LogP) is 2.60. The van der Waals surface area contributed by atoms with Crippen molar-refractivity contribution in [1.82, 2.24) is 15.5 Å². The zero-order valence-electron chi connectivity index (χ0n) is 15.4. The minimum atomic E-state index is 0. The number of hydrogen-bond acceptors (Lipinski definition) is 3. The summed E-state index contributed by atoms with van der Waals surface area (Å²) in [6.07, 6.45) is 9.67. The number of ether oxygens (including phenoxy) is 1. The number of halogens is 1. The van der Waals surface area contributed by atoms with Crippen LogP contribution >= 0.6 is 24.0 Å². The van der Waals surface area contributed by atoms with Gasteiger partial charge in [-0.25, -0.2) is 0 Å². The van der Waals surface area contributed by atoms with Crippen molar-refractivity contribution < 1.29 is 4.74 Å². The highest BCUT2D eigenvalue weighted by Crippen LogP contribution is 2.40. The lowest BCUT2D eigenvalue weighted by atomic mass is 9.83. The van der Waals surface area contributed by atoms with E-state index in [0.29, 0.717) is 11.5 Å². The topological polar surface area (TPSA) is 48.9 Å². The Balaban J connectivity index is 0.00000208. The Bertz CT molecular complexity index is 412. The van der Waals surface area contributed by atoms with E-state index in [2.05, 4.69) is 27.4 Å². The Morgan fingerprint density at radius 3 is 2.75 bits per heavy atom. The van der Waals surface area contributed by atoms with Gasteiger partial charge in [0.1, 0.15) is 0 Å². The number of guanidine groups is 1. The highest BCUT2D eigenvalue weighted by molar-refractivity contribution is 14.0. The second-order valence-electron chi connectivity index (χ2n) is 7.61. The van der Waals surface area contributed by atoms with Crippen LogP contribution in [0.4, 0.5) is 0 Å². The number of fused-ring (bicyclic) bond motifs is 1. The number of morpholine rings is 1. The molecule has 0 amide bonds. The average Bonchev–Trinajstić information content (AvgIpc) is 3.24. The number of hydrogen-bond donors (Lipinski definition) is 2. The number of nitrogens with one attached hydrogen (secondary N) is 2. The number of nitrogens with zero attached hydrogens (tertiary/aromatic N) is 2. The average molecular weight is 450 g/mol. The van der Waals surface area contributed by atoms with Crippen LogP contribution in [0.5, 0.6) is 0 Å². The van der Waals surface area contributed by atoms with E-state index in [1.807, 2.05) is 7.05 Å². The molecule has 0 radical (unpaired) electrons. The molecule has 0 bridgehead atoms. The van der Waals surface area contributed by atoms with Gasteiger partial charge in [0.25, 0.3) is 0 Å². The van der Waals surface area contributed by atoms with Crippen molar-refractivity contribution in [3.05, 3.63) is 0 Å². The Morgan fingerprint density at radius 2 is 2.04 bits per heavy atom. The largest absolute Gasteiger partial charge is 0.373 e. The van der Waals surface area contributed by atoms with E-state index in [1.54, 1.807) is 0 Å². The van der Waals surface area contributed by atoms with E-state index >= 15 is 0 Å². The van der Waals surface area contributed by atoms with Gasteiger partial charge < -0.3 is 15.4 Å². The second-order valence-corrected chi connectivity index (χ2v) is 7.61. The molecule has 2 saturated heterocycles. The van der Waals surface area contributed by atoms with E-state index < -0.39 is 0 Å². The van der Waals surface area contributed by atoms with Crippen molar-refractivity contribution in [2.45, 2.75) is 64.0 Å². The zero-order chi connectivity index (χ0) is 16.1. The van der Waals surface area contributed by atoms with E-state index in [0.717, 1.165) is 32.2 Å². The highest BCUT2D eigenvalue weighted by Gasteiger charge is 2.33. The summed E-state index contributed by atoms with van der Waals surface area (Å²) in [5.41, 5.74) is 0.488. The quantitative estimate of drug-likeness (QED) is 0.384. The van der Waals surface area contributed by atoms with E-state index in [4.69, 9.17) is 4.74 Å². The summed E-state index contributed by atoms with van der Waals surface area (Å²) < 4.78 is 6.02. The summed E-state index contributed by atoms with van der Waals surface area (Å²) in [4.78, 5) is 6.98. The molecule has 5 nitrogen and oxygen atoms in total. The molecule has 2 N–H and O–H groups in total. The van der Waals surface area contributed by atoms with Crippen molar-refractivity contribution in [3.63, 3.8) is 0 Å². The summed E-state index contributed by atoms with van der Waals surface area (Å²) in [7, 11) is 1.86. The van der Waals surface area contributed by atoms with Gasteiger partial charge in [-0.15, -0.1) is 24.0 Å². The highest BCUT2D eigenvalue weighted by atomic mass is 127. The minimum Gasteiger partial charge on any atom is -0.373 e. The first kappa shape index (κ1) is 20.2. The van der Waals surface area contributed by atoms with Crippen LogP contribution in [0.15, 0.2) is 4.99 Å². The minimum absolute atomic E-state index is 0. The molecule has 2 atom stereocenters. The normalized spacial score (nSPS) is 29.8. The monoisotopic (exact) mass is 450 g/mol. The summed E-state index contributed by atoms with van der Waals surface area (Å²) >= 11 is 0. The Kier molecular flexibility index (Phi) is 8.07. The molecular formula is C18H35IN4O. The standard InChI is InChI=1S/C18H34N4O.HI/c1-3-18(8-4-5-9-18)14-21-17(19-2)20-11-16-12-22-10-6-7-15(22)13-23-16;/h15-16H,3-14H2,1-2H3,(H2,19,20,21);1H. The molecule has 0 spiro atoms. The molecule has 1 saturated carbocycles. The van der Waals surface area contributed by atoms with Gasteiger partial charge in [-0.1, -0.05) is 19.8 Å². The molecule has 2 heterocycles. The van der Waals surface area contributed by atoms with Crippen LogP contribution in [0.3, 0.4) is 0 Å². The third-order valence-corrected chi connectivity index (χ3v) is 6.23. The number of rotatable bonds is 5. The molecule has 3 aliphatic rings. The van der Waals surface area contributed by atoms with Crippen LogP contribution in [-0.4, -0.2) is 62.8 Å².